The molecule has 3 rings (SSSR count). The molecule has 1 saturated heterocycles. The van der Waals surface area contributed by atoms with E-state index in [1.54, 1.807) is 0 Å². The lowest BCUT2D eigenvalue weighted by Gasteiger charge is -2.20. The third-order valence-corrected chi connectivity index (χ3v) is 3.70. The average Bonchev–Trinajstić information content (AvgIpc) is 2.58. The Hall–Kier alpha value is -1.36. The summed E-state index contributed by atoms with van der Waals surface area (Å²) in [5.74, 6) is 0. The number of para-hydroxylation sites is 1. The highest BCUT2D eigenvalue weighted by Crippen LogP contribution is 2.22. The lowest BCUT2D eigenvalue weighted by atomic mass is 10.1. The van der Waals surface area contributed by atoms with Gasteiger partial charge in [-0.15, -0.1) is 0 Å². The van der Waals surface area contributed by atoms with Crippen molar-refractivity contribution in [2.45, 2.75) is 12.6 Å². The van der Waals surface area contributed by atoms with Crippen LogP contribution in [0.2, 0.25) is 0 Å². The molecular formula is C15H20N2O2. The summed E-state index contributed by atoms with van der Waals surface area (Å²) in [6.07, 6.45) is 1.81. The zero-order valence-corrected chi connectivity index (χ0v) is 11.2. The Morgan fingerprint density at radius 2 is 2.21 bits per heavy atom. The van der Waals surface area contributed by atoms with E-state index in [9.17, 15) is 5.11 Å². The van der Waals surface area contributed by atoms with Gasteiger partial charge in [0.1, 0.15) is 0 Å². The maximum absolute atomic E-state index is 9.78. The van der Waals surface area contributed by atoms with Crippen molar-refractivity contribution < 1.29 is 9.84 Å². The van der Waals surface area contributed by atoms with Crippen molar-refractivity contribution in [1.82, 2.24) is 9.47 Å². The van der Waals surface area contributed by atoms with Crippen LogP contribution < -0.4 is 0 Å². The topological polar surface area (TPSA) is 37.6 Å². The maximum atomic E-state index is 9.78. The first-order valence-electron chi connectivity index (χ1n) is 6.75. The van der Waals surface area contributed by atoms with Gasteiger partial charge in [0, 0.05) is 43.8 Å². The minimum Gasteiger partial charge on any atom is -0.389 e. The van der Waals surface area contributed by atoms with Crippen LogP contribution in [0.4, 0.5) is 0 Å². The third-order valence-electron chi connectivity index (χ3n) is 3.70. The van der Waals surface area contributed by atoms with Gasteiger partial charge in [-0.25, -0.2) is 0 Å². The van der Waals surface area contributed by atoms with Crippen LogP contribution in [0.1, 0.15) is 5.56 Å². The van der Waals surface area contributed by atoms with Crippen LogP contribution in [0.15, 0.2) is 30.5 Å². The van der Waals surface area contributed by atoms with Crippen molar-refractivity contribution in [3.8, 4) is 0 Å². The van der Waals surface area contributed by atoms with Crippen LogP contribution in [0.3, 0.4) is 0 Å². The lowest BCUT2D eigenvalue weighted by molar-refractivity contribution is 0.0562. The Bertz CT molecular complexity index is 564. The van der Waals surface area contributed by atoms with Crippen molar-refractivity contribution in [3.05, 3.63) is 36.0 Å². The molecule has 0 spiro atoms. The maximum Gasteiger partial charge on any atom is 0.0900 e. The van der Waals surface area contributed by atoms with Gasteiger partial charge < -0.3 is 14.4 Å². The normalized spacial score (nSPS) is 21.7. The predicted molar refractivity (Wildman–Crippen MR) is 75.0 cm³/mol. The molecular weight excluding hydrogens is 240 g/mol. The molecule has 0 unspecified atom stereocenters. The molecule has 0 bridgehead atoms. The van der Waals surface area contributed by atoms with E-state index in [2.05, 4.69) is 47.0 Å². The molecule has 1 atom stereocenters. The largest absolute Gasteiger partial charge is 0.389 e. The molecule has 1 fully saturated rings. The molecule has 0 saturated carbocycles. The summed E-state index contributed by atoms with van der Waals surface area (Å²) in [5, 5.41) is 11.1. The fraction of sp³-hybridized carbons (Fsp3) is 0.467. The molecule has 4 nitrogen and oxygen atoms in total. The number of aliphatic hydroxyl groups is 1. The molecule has 1 N–H and O–H groups in total. The van der Waals surface area contributed by atoms with E-state index in [-0.39, 0.29) is 6.10 Å². The van der Waals surface area contributed by atoms with Crippen LogP contribution >= 0.6 is 0 Å². The number of aromatic nitrogens is 1. The van der Waals surface area contributed by atoms with E-state index >= 15 is 0 Å². The van der Waals surface area contributed by atoms with Crippen molar-refractivity contribution >= 4 is 10.9 Å². The van der Waals surface area contributed by atoms with Crippen molar-refractivity contribution in [2.24, 2.45) is 7.05 Å². The first-order valence-corrected chi connectivity index (χ1v) is 6.75. The molecule has 2 aromatic rings. The van der Waals surface area contributed by atoms with Crippen LogP contribution in [-0.2, 0) is 18.3 Å². The van der Waals surface area contributed by atoms with Crippen molar-refractivity contribution in [3.63, 3.8) is 0 Å². The fourth-order valence-corrected chi connectivity index (χ4v) is 2.79. The van der Waals surface area contributed by atoms with Gasteiger partial charge >= 0.3 is 0 Å². The van der Waals surface area contributed by atoms with E-state index in [1.165, 1.54) is 16.5 Å². The number of nitrogens with zero attached hydrogens (tertiary/aromatic N) is 2. The highest BCUT2D eigenvalue weighted by Gasteiger charge is 2.17. The Balaban J connectivity index is 1.84. The van der Waals surface area contributed by atoms with Crippen molar-refractivity contribution in [1.29, 1.82) is 0 Å². The van der Waals surface area contributed by atoms with E-state index in [0.29, 0.717) is 19.8 Å². The minimum atomic E-state index is -0.377. The molecule has 1 aliphatic rings. The molecule has 0 amide bonds. The summed E-state index contributed by atoms with van der Waals surface area (Å²) in [6.45, 7) is 3.57. The fourth-order valence-electron chi connectivity index (χ4n) is 2.79. The summed E-state index contributed by atoms with van der Waals surface area (Å²) >= 11 is 0. The van der Waals surface area contributed by atoms with Gasteiger partial charge in [-0.3, -0.25) is 4.90 Å². The number of rotatable bonds is 2. The lowest BCUT2D eigenvalue weighted by Crippen LogP contribution is -2.32. The number of aryl methyl sites for hydroxylation is 1. The molecule has 1 aliphatic heterocycles. The second kappa shape index (κ2) is 5.33. The number of benzene rings is 1. The summed E-state index contributed by atoms with van der Waals surface area (Å²) in [7, 11) is 2.08. The summed E-state index contributed by atoms with van der Waals surface area (Å²) in [5.41, 5.74) is 2.57. The van der Waals surface area contributed by atoms with Gasteiger partial charge in [0.25, 0.3) is 0 Å². The van der Waals surface area contributed by atoms with Crippen LogP contribution in [0.5, 0.6) is 0 Å². The van der Waals surface area contributed by atoms with E-state index in [0.717, 1.165) is 13.1 Å². The van der Waals surface area contributed by atoms with Gasteiger partial charge in [0.2, 0.25) is 0 Å². The number of β-amino-alcohol motifs (C(OH)–C–C–N with tert-alkyl or cyclic N) is 1. The zero-order chi connectivity index (χ0) is 13.2. The second-order valence-electron chi connectivity index (χ2n) is 5.25. The molecule has 4 heteroatoms. The Morgan fingerprint density at radius 1 is 1.37 bits per heavy atom. The van der Waals surface area contributed by atoms with Crippen LogP contribution in [0, 0.1) is 0 Å². The first kappa shape index (κ1) is 12.7. The Morgan fingerprint density at radius 3 is 3.11 bits per heavy atom. The van der Waals surface area contributed by atoms with Gasteiger partial charge in [-0.2, -0.15) is 0 Å². The van der Waals surface area contributed by atoms with Gasteiger partial charge in [-0.1, -0.05) is 18.2 Å². The zero-order valence-electron chi connectivity index (χ0n) is 11.2. The smallest absolute Gasteiger partial charge is 0.0900 e. The van der Waals surface area contributed by atoms with Crippen LogP contribution in [0.25, 0.3) is 10.9 Å². The summed E-state index contributed by atoms with van der Waals surface area (Å²) in [4.78, 5) is 2.26. The molecule has 19 heavy (non-hydrogen) atoms. The molecule has 2 heterocycles. The van der Waals surface area contributed by atoms with E-state index in [1.807, 2.05) is 0 Å². The molecule has 1 aromatic heterocycles. The van der Waals surface area contributed by atoms with E-state index < -0.39 is 0 Å². The van der Waals surface area contributed by atoms with Crippen molar-refractivity contribution in [2.75, 3.05) is 26.3 Å². The molecule has 102 valence electrons. The average molecular weight is 260 g/mol. The van der Waals surface area contributed by atoms with E-state index in [4.69, 9.17) is 4.74 Å². The summed E-state index contributed by atoms with van der Waals surface area (Å²) in [6, 6.07) is 8.44. The minimum absolute atomic E-state index is 0.377. The SMILES string of the molecule is Cn1cc(CN2CCOC[C@H](O)C2)c2ccccc21. The monoisotopic (exact) mass is 260 g/mol. The molecule has 0 aliphatic carbocycles. The summed E-state index contributed by atoms with van der Waals surface area (Å²) < 4.78 is 7.53. The highest BCUT2D eigenvalue weighted by molar-refractivity contribution is 5.83. The number of ether oxygens (including phenoxy) is 1. The number of hydrogen-bond donors (Lipinski definition) is 1. The third kappa shape index (κ3) is 2.66. The first-order chi connectivity index (χ1) is 9.24. The number of fused-ring (bicyclic) bond motifs is 1. The van der Waals surface area contributed by atoms with Gasteiger partial charge in [-0.05, 0) is 11.6 Å². The van der Waals surface area contributed by atoms with Gasteiger partial charge in [0.05, 0.1) is 19.3 Å². The Labute approximate surface area is 113 Å². The highest BCUT2D eigenvalue weighted by atomic mass is 16.5. The second-order valence-corrected chi connectivity index (χ2v) is 5.25. The number of hydrogen-bond acceptors (Lipinski definition) is 3. The van der Waals surface area contributed by atoms with Crippen LogP contribution in [-0.4, -0.2) is 47.0 Å². The number of aliphatic hydroxyl groups excluding tert-OH is 1. The van der Waals surface area contributed by atoms with Gasteiger partial charge in [0.15, 0.2) is 0 Å². The predicted octanol–water partition coefficient (Wildman–Crippen LogP) is 1.37. The Kier molecular flexibility index (Phi) is 3.55. The quantitative estimate of drug-likeness (QED) is 0.886. The standard InChI is InChI=1S/C15H20N2O2/c1-16-8-12(14-4-2-3-5-15(14)16)9-17-6-7-19-11-13(18)10-17/h2-5,8,13,18H,6-7,9-11H2,1H3/t13-/m1/s1. The molecule has 1 aromatic carbocycles. The molecule has 0 radical (unpaired) electrons.